The smallest absolute Gasteiger partial charge is 0.222 e. The average Bonchev–Trinajstić information content (AvgIpc) is 3.00. The summed E-state index contributed by atoms with van der Waals surface area (Å²) in [6.07, 6.45) is 8.94. The highest BCUT2D eigenvalue weighted by atomic mass is 15.2. The van der Waals surface area contributed by atoms with Crippen LogP contribution in [0.1, 0.15) is 49.4 Å². The van der Waals surface area contributed by atoms with Crippen molar-refractivity contribution >= 4 is 17.1 Å². The van der Waals surface area contributed by atoms with Gasteiger partial charge in [-0.15, -0.1) is 0 Å². The van der Waals surface area contributed by atoms with Crippen LogP contribution in [0.2, 0.25) is 0 Å². The Bertz CT molecular complexity index is 803. The summed E-state index contributed by atoms with van der Waals surface area (Å²) in [7, 11) is 0. The van der Waals surface area contributed by atoms with E-state index in [1.165, 1.54) is 37.7 Å². The number of nitrogens with two attached hydrogens (primary N) is 1. The third kappa shape index (κ3) is 2.79. The molecule has 0 saturated heterocycles. The number of fused-ring (bicyclic) bond motifs is 1. The monoisotopic (exact) mass is 307 g/mol. The van der Waals surface area contributed by atoms with E-state index < -0.39 is 0 Å². The lowest BCUT2D eigenvalue weighted by atomic mass is 9.95. The Morgan fingerprint density at radius 2 is 1.83 bits per heavy atom. The number of imidazole rings is 1. The first kappa shape index (κ1) is 14.2. The van der Waals surface area contributed by atoms with E-state index in [2.05, 4.69) is 31.7 Å². The van der Waals surface area contributed by atoms with Crippen molar-refractivity contribution in [1.29, 1.82) is 0 Å². The predicted octanol–water partition coefficient (Wildman–Crippen LogP) is 3.50. The van der Waals surface area contributed by atoms with Gasteiger partial charge in [0.25, 0.3) is 0 Å². The summed E-state index contributed by atoms with van der Waals surface area (Å²) >= 11 is 0. The number of nitrogen functional groups attached to an aromatic ring is 1. The molecule has 1 fully saturated rings. The van der Waals surface area contributed by atoms with Crippen LogP contribution in [-0.2, 0) is 6.42 Å². The molecule has 1 aliphatic carbocycles. The molecule has 2 N–H and O–H groups in total. The zero-order chi connectivity index (χ0) is 15.6. The van der Waals surface area contributed by atoms with Crippen LogP contribution >= 0.6 is 0 Å². The number of rotatable bonds is 3. The van der Waals surface area contributed by atoms with Gasteiger partial charge in [-0.1, -0.05) is 49.6 Å². The van der Waals surface area contributed by atoms with Crippen LogP contribution in [0, 0.1) is 0 Å². The average molecular weight is 307 g/mol. The molecule has 4 rings (SSSR count). The zero-order valence-electron chi connectivity index (χ0n) is 13.2. The quantitative estimate of drug-likeness (QED) is 0.804. The lowest BCUT2D eigenvalue weighted by molar-refractivity contribution is 0.358. The van der Waals surface area contributed by atoms with Gasteiger partial charge in [-0.05, 0) is 18.4 Å². The molecule has 5 heteroatoms. The molecule has 1 saturated carbocycles. The molecule has 0 bridgehead atoms. The van der Waals surface area contributed by atoms with Gasteiger partial charge in [0, 0.05) is 12.5 Å². The van der Waals surface area contributed by atoms with E-state index in [4.69, 9.17) is 5.73 Å². The maximum Gasteiger partial charge on any atom is 0.222 e. The van der Waals surface area contributed by atoms with E-state index in [0.717, 1.165) is 23.3 Å². The predicted molar refractivity (Wildman–Crippen MR) is 91.1 cm³/mol. The topological polar surface area (TPSA) is 69.6 Å². The molecule has 0 amide bonds. The Kier molecular flexibility index (Phi) is 3.69. The highest BCUT2D eigenvalue weighted by Crippen LogP contribution is 2.31. The largest absolute Gasteiger partial charge is 0.368 e. The normalized spacial score (nSPS) is 16.0. The summed E-state index contributed by atoms with van der Waals surface area (Å²) in [4.78, 5) is 13.5. The number of hydrogen-bond acceptors (Lipinski definition) is 4. The minimum Gasteiger partial charge on any atom is -0.368 e. The van der Waals surface area contributed by atoms with E-state index in [-0.39, 0.29) is 0 Å². The SMILES string of the molecule is Nc1nc(Cc2ccccc2)c2ncn(C3CCCCC3)c2n1. The molecule has 2 aromatic heterocycles. The molecule has 0 aliphatic heterocycles. The van der Waals surface area contributed by atoms with Gasteiger partial charge in [0.15, 0.2) is 5.65 Å². The van der Waals surface area contributed by atoms with Crippen LogP contribution in [0.4, 0.5) is 5.95 Å². The number of benzene rings is 1. The fourth-order valence-electron chi connectivity index (χ4n) is 3.53. The Balaban J connectivity index is 1.75. The second kappa shape index (κ2) is 5.99. The number of anilines is 1. The number of aromatic nitrogens is 4. The van der Waals surface area contributed by atoms with Gasteiger partial charge in [-0.3, -0.25) is 0 Å². The minimum atomic E-state index is 0.334. The molecule has 118 valence electrons. The summed E-state index contributed by atoms with van der Waals surface area (Å²) in [5.74, 6) is 0.334. The van der Waals surface area contributed by atoms with Crippen LogP contribution < -0.4 is 5.73 Å². The van der Waals surface area contributed by atoms with Gasteiger partial charge >= 0.3 is 0 Å². The van der Waals surface area contributed by atoms with E-state index >= 15 is 0 Å². The van der Waals surface area contributed by atoms with Crippen molar-refractivity contribution in [2.24, 2.45) is 0 Å². The molecule has 0 atom stereocenters. The summed E-state index contributed by atoms with van der Waals surface area (Å²) in [5, 5.41) is 0. The fourth-order valence-corrected chi connectivity index (χ4v) is 3.53. The van der Waals surface area contributed by atoms with Gasteiger partial charge in [-0.25, -0.2) is 9.97 Å². The fraction of sp³-hybridized carbons (Fsp3) is 0.389. The molecule has 3 aromatic rings. The van der Waals surface area contributed by atoms with Gasteiger partial charge in [0.1, 0.15) is 5.52 Å². The standard InChI is InChI=1S/C18H21N5/c19-18-21-15(11-13-7-3-1-4-8-13)16-17(22-18)23(12-20-16)14-9-5-2-6-10-14/h1,3-4,7-8,12,14H,2,5-6,9-11H2,(H2,19,21,22). The van der Waals surface area contributed by atoms with Crippen LogP contribution in [0.25, 0.3) is 11.2 Å². The van der Waals surface area contributed by atoms with E-state index in [1.807, 2.05) is 24.5 Å². The number of nitrogens with zero attached hydrogens (tertiary/aromatic N) is 4. The Labute approximate surface area is 135 Å². The van der Waals surface area contributed by atoms with E-state index in [1.54, 1.807) is 0 Å². The third-order valence-corrected chi connectivity index (χ3v) is 4.69. The summed E-state index contributed by atoms with van der Waals surface area (Å²) < 4.78 is 2.21. The Hall–Kier alpha value is -2.43. The molecular formula is C18H21N5. The van der Waals surface area contributed by atoms with E-state index in [9.17, 15) is 0 Å². The molecule has 23 heavy (non-hydrogen) atoms. The summed E-state index contributed by atoms with van der Waals surface area (Å²) in [5.41, 5.74) is 9.86. The maximum atomic E-state index is 5.97. The van der Waals surface area contributed by atoms with Crippen molar-refractivity contribution in [2.75, 3.05) is 5.73 Å². The molecular weight excluding hydrogens is 286 g/mol. The second-order valence-corrected chi connectivity index (χ2v) is 6.31. The lowest BCUT2D eigenvalue weighted by Crippen LogP contribution is -2.13. The first-order valence-corrected chi connectivity index (χ1v) is 8.34. The zero-order valence-corrected chi connectivity index (χ0v) is 13.2. The molecule has 0 spiro atoms. The van der Waals surface area contributed by atoms with Gasteiger partial charge < -0.3 is 10.3 Å². The van der Waals surface area contributed by atoms with Gasteiger partial charge in [-0.2, -0.15) is 4.98 Å². The highest BCUT2D eigenvalue weighted by molar-refractivity contribution is 5.75. The van der Waals surface area contributed by atoms with Crippen molar-refractivity contribution in [3.63, 3.8) is 0 Å². The first-order chi connectivity index (χ1) is 11.3. The van der Waals surface area contributed by atoms with Gasteiger partial charge in [0.2, 0.25) is 5.95 Å². The van der Waals surface area contributed by atoms with Crippen LogP contribution in [-0.4, -0.2) is 19.5 Å². The van der Waals surface area contributed by atoms with Crippen LogP contribution in [0.5, 0.6) is 0 Å². The molecule has 1 aliphatic rings. The van der Waals surface area contributed by atoms with Gasteiger partial charge in [0.05, 0.1) is 12.0 Å². The minimum absolute atomic E-state index is 0.334. The lowest BCUT2D eigenvalue weighted by Gasteiger charge is -2.23. The maximum absolute atomic E-state index is 5.97. The third-order valence-electron chi connectivity index (χ3n) is 4.69. The van der Waals surface area contributed by atoms with Crippen molar-refractivity contribution in [1.82, 2.24) is 19.5 Å². The van der Waals surface area contributed by atoms with Crippen LogP contribution in [0.3, 0.4) is 0 Å². The first-order valence-electron chi connectivity index (χ1n) is 8.34. The number of hydrogen-bond donors (Lipinski definition) is 1. The summed E-state index contributed by atoms with van der Waals surface area (Å²) in [6, 6.07) is 10.8. The van der Waals surface area contributed by atoms with Crippen molar-refractivity contribution in [3.05, 3.63) is 47.9 Å². The van der Waals surface area contributed by atoms with Crippen molar-refractivity contribution in [3.8, 4) is 0 Å². The molecule has 2 heterocycles. The Morgan fingerprint density at radius 1 is 1.04 bits per heavy atom. The van der Waals surface area contributed by atoms with E-state index in [0.29, 0.717) is 12.0 Å². The molecule has 5 nitrogen and oxygen atoms in total. The Morgan fingerprint density at radius 3 is 2.61 bits per heavy atom. The summed E-state index contributed by atoms with van der Waals surface area (Å²) in [6.45, 7) is 0. The second-order valence-electron chi connectivity index (χ2n) is 6.31. The highest BCUT2D eigenvalue weighted by Gasteiger charge is 2.20. The van der Waals surface area contributed by atoms with Crippen molar-refractivity contribution < 1.29 is 0 Å². The molecule has 0 unspecified atom stereocenters. The van der Waals surface area contributed by atoms with Crippen LogP contribution in [0.15, 0.2) is 36.7 Å². The molecule has 0 radical (unpaired) electrons. The molecule has 1 aromatic carbocycles. The van der Waals surface area contributed by atoms with Crippen molar-refractivity contribution in [2.45, 2.75) is 44.6 Å².